The van der Waals surface area contributed by atoms with Gasteiger partial charge in [-0.1, -0.05) is 27.5 Å². The second-order valence-electron chi connectivity index (χ2n) is 1.85. The summed E-state index contributed by atoms with van der Waals surface area (Å²) in [5.41, 5.74) is 0.881. The van der Waals surface area contributed by atoms with E-state index in [4.69, 9.17) is 11.6 Å². The van der Waals surface area contributed by atoms with Gasteiger partial charge >= 0.3 is 0 Å². The number of aliphatic hydroxyl groups is 1. The van der Waals surface area contributed by atoms with Gasteiger partial charge in [-0.3, -0.25) is 0 Å². The molecule has 1 aromatic rings. The zero-order valence-corrected chi connectivity index (χ0v) is 8.21. The molecule has 1 aromatic heterocycles. The molecular formula is C6H6BrClOS. The third-order valence-electron chi connectivity index (χ3n) is 1.12. The predicted octanol–water partition coefficient (Wildman–Crippen LogP) is 2.83. The number of alkyl halides is 1. The first kappa shape index (κ1) is 8.53. The Labute approximate surface area is 76.8 Å². The number of hydrogen-bond acceptors (Lipinski definition) is 2. The Morgan fingerprint density at radius 1 is 1.80 bits per heavy atom. The van der Waals surface area contributed by atoms with E-state index in [0.29, 0.717) is 5.33 Å². The molecule has 0 aliphatic carbocycles. The van der Waals surface area contributed by atoms with E-state index in [-0.39, 0.29) is 0 Å². The molecule has 56 valence electrons. The van der Waals surface area contributed by atoms with E-state index in [1.807, 2.05) is 5.38 Å². The Balaban J connectivity index is 2.74. The van der Waals surface area contributed by atoms with Gasteiger partial charge in [0.1, 0.15) is 0 Å². The maximum absolute atomic E-state index is 9.24. The van der Waals surface area contributed by atoms with Crippen molar-refractivity contribution in [2.75, 3.05) is 5.33 Å². The lowest BCUT2D eigenvalue weighted by Crippen LogP contribution is -1.94. The van der Waals surface area contributed by atoms with Crippen LogP contribution in [-0.2, 0) is 0 Å². The largest absolute Gasteiger partial charge is 0.388 e. The molecule has 1 N–H and O–H groups in total. The van der Waals surface area contributed by atoms with Gasteiger partial charge in [0.2, 0.25) is 0 Å². The van der Waals surface area contributed by atoms with Crippen molar-refractivity contribution in [2.24, 2.45) is 0 Å². The van der Waals surface area contributed by atoms with Gasteiger partial charge in [0.25, 0.3) is 0 Å². The summed E-state index contributed by atoms with van der Waals surface area (Å²) in [4.78, 5) is 0. The average molecular weight is 242 g/mol. The number of aliphatic hydroxyl groups excluding tert-OH is 1. The quantitative estimate of drug-likeness (QED) is 0.790. The number of rotatable bonds is 2. The van der Waals surface area contributed by atoms with Gasteiger partial charge in [-0.15, -0.1) is 11.3 Å². The molecule has 1 heterocycles. The van der Waals surface area contributed by atoms with Gasteiger partial charge in [0.15, 0.2) is 0 Å². The number of halogens is 2. The lowest BCUT2D eigenvalue weighted by Gasteiger charge is -2.00. The van der Waals surface area contributed by atoms with Crippen molar-refractivity contribution in [3.63, 3.8) is 0 Å². The molecule has 0 amide bonds. The molecule has 1 atom stereocenters. The van der Waals surface area contributed by atoms with Gasteiger partial charge in [-0.05, 0) is 17.0 Å². The Hall–Kier alpha value is 0.430. The molecule has 10 heavy (non-hydrogen) atoms. The van der Waals surface area contributed by atoms with Crippen LogP contribution in [0.1, 0.15) is 11.7 Å². The topological polar surface area (TPSA) is 20.2 Å². The molecule has 0 aliphatic heterocycles. The van der Waals surface area contributed by atoms with Gasteiger partial charge < -0.3 is 5.11 Å². The fourth-order valence-corrected chi connectivity index (χ4v) is 1.90. The highest BCUT2D eigenvalue weighted by Gasteiger charge is 2.06. The zero-order valence-electron chi connectivity index (χ0n) is 5.05. The van der Waals surface area contributed by atoms with Gasteiger partial charge in [0.05, 0.1) is 10.4 Å². The maximum atomic E-state index is 9.24. The summed E-state index contributed by atoms with van der Waals surface area (Å²) < 4.78 is 0.718. The minimum absolute atomic E-state index is 0.427. The average Bonchev–Trinajstić information content (AvgIpc) is 2.34. The van der Waals surface area contributed by atoms with Crippen LogP contribution < -0.4 is 0 Å². The Morgan fingerprint density at radius 3 is 2.90 bits per heavy atom. The van der Waals surface area contributed by atoms with E-state index >= 15 is 0 Å². The van der Waals surface area contributed by atoms with Crippen molar-refractivity contribution >= 4 is 38.9 Å². The fourth-order valence-electron chi connectivity index (χ4n) is 0.587. The van der Waals surface area contributed by atoms with E-state index in [0.717, 1.165) is 9.90 Å². The molecule has 0 bridgehead atoms. The van der Waals surface area contributed by atoms with Crippen molar-refractivity contribution in [3.05, 3.63) is 21.3 Å². The van der Waals surface area contributed by atoms with E-state index in [9.17, 15) is 5.11 Å². The molecule has 0 unspecified atom stereocenters. The van der Waals surface area contributed by atoms with Crippen molar-refractivity contribution in [2.45, 2.75) is 6.10 Å². The molecular weight excluding hydrogens is 235 g/mol. The highest BCUT2D eigenvalue weighted by molar-refractivity contribution is 9.09. The molecule has 0 aromatic carbocycles. The zero-order chi connectivity index (χ0) is 7.56. The van der Waals surface area contributed by atoms with Crippen LogP contribution in [0.5, 0.6) is 0 Å². The van der Waals surface area contributed by atoms with E-state index in [1.54, 1.807) is 6.07 Å². The summed E-state index contributed by atoms with van der Waals surface area (Å²) in [6.07, 6.45) is -0.427. The fraction of sp³-hybridized carbons (Fsp3) is 0.333. The molecule has 1 nitrogen and oxygen atoms in total. The predicted molar refractivity (Wildman–Crippen MR) is 48.1 cm³/mol. The molecule has 0 fully saturated rings. The van der Waals surface area contributed by atoms with Crippen LogP contribution in [0.25, 0.3) is 0 Å². The van der Waals surface area contributed by atoms with Crippen molar-refractivity contribution in [1.82, 2.24) is 0 Å². The van der Waals surface area contributed by atoms with Crippen LogP contribution in [0.2, 0.25) is 4.34 Å². The van der Waals surface area contributed by atoms with Crippen molar-refractivity contribution in [3.8, 4) is 0 Å². The van der Waals surface area contributed by atoms with Crippen molar-refractivity contribution < 1.29 is 5.11 Å². The summed E-state index contributed by atoms with van der Waals surface area (Å²) in [7, 11) is 0. The number of hydrogen-bond donors (Lipinski definition) is 1. The van der Waals surface area contributed by atoms with E-state index in [2.05, 4.69) is 15.9 Å². The summed E-state index contributed by atoms with van der Waals surface area (Å²) in [5, 5.41) is 11.7. The van der Waals surface area contributed by atoms with Gasteiger partial charge in [-0.25, -0.2) is 0 Å². The Morgan fingerprint density at radius 2 is 2.50 bits per heavy atom. The van der Waals surface area contributed by atoms with E-state index < -0.39 is 6.10 Å². The lowest BCUT2D eigenvalue weighted by atomic mass is 10.2. The third kappa shape index (κ3) is 1.95. The summed E-state index contributed by atoms with van der Waals surface area (Å²) >= 11 is 10.3. The van der Waals surface area contributed by atoms with Crippen LogP contribution in [0, 0.1) is 0 Å². The van der Waals surface area contributed by atoms with Crippen LogP contribution in [-0.4, -0.2) is 10.4 Å². The molecule has 0 saturated heterocycles. The van der Waals surface area contributed by atoms with Gasteiger partial charge in [0, 0.05) is 5.33 Å². The standard InChI is InChI=1S/C6H6BrClOS/c7-2-5(9)4-1-6(8)10-3-4/h1,3,5,9H,2H2/t5-/m1/s1. The monoisotopic (exact) mass is 240 g/mol. The van der Waals surface area contributed by atoms with Crippen LogP contribution in [0.4, 0.5) is 0 Å². The summed E-state index contributed by atoms with van der Waals surface area (Å²) in [5.74, 6) is 0. The van der Waals surface area contributed by atoms with Crippen LogP contribution in [0.3, 0.4) is 0 Å². The first-order chi connectivity index (χ1) is 4.74. The van der Waals surface area contributed by atoms with Crippen molar-refractivity contribution in [1.29, 1.82) is 0 Å². The first-order valence-electron chi connectivity index (χ1n) is 2.72. The Kier molecular flexibility index (Phi) is 3.17. The van der Waals surface area contributed by atoms with E-state index in [1.165, 1.54) is 11.3 Å². The molecule has 0 saturated carbocycles. The molecule has 1 rings (SSSR count). The first-order valence-corrected chi connectivity index (χ1v) is 5.10. The lowest BCUT2D eigenvalue weighted by molar-refractivity contribution is 0.206. The maximum Gasteiger partial charge on any atom is 0.0932 e. The minimum Gasteiger partial charge on any atom is -0.388 e. The smallest absolute Gasteiger partial charge is 0.0932 e. The van der Waals surface area contributed by atoms with Gasteiger partial charge in [-0.2, -0.15) is 0 Å². The van der Waals surface area contributed by atoms with Crippen LogP contribution >= 0.6 is 38.9 Å². The number of thiophene rings is 1. The highest BCUT2D eigenvalue weighted by atomic mass is 79.9. The molecule has 4 heteroatoms. The second-order valence-corrected chi connectivity index (χ2v) is 4.04. The minimum atomic E-state index is -0.427. The normalized spacial score (nSPS) is 13.5. The SMILES string of the molecule is O[C@H](CBr)c1csc(Cl)c1. The van der Waals surface area contributed by atoms with Crippen LogP contribution in [0.15, 0.2) is 11.4 Å². The second kappa shape index (κ2) is 3.72. The summed E-state index contributed by atoms with van der Waals surface area (Å²) in [6.45, 7) is 0. The molecule has 0 radical (unpaired) electrons. The Bertz CT molecular complexity index is 213. The molecule has 0 aliphatic rings. The molecule has 0 spiro atoms. The third-order valence-corrected chi connectivity index (χ3v) is 2.84. The highest BCUT2D eigenvalue weighted by Crippen LogP contribution is 2.25. The summed E-state index contributed by atoms with van der Waals surface area (Å²) in [6, 6.07) is 1.78.